The molecule has 1 fully saturated rings. The van der Waals surface area contributed by atoms with E-state index < -0.39 is 0 Å². The highest BCUT2D eigenvalue weighted by Crippen LogP contribution is 2.23. The van der Waals surface area contributed by atoms with E-state index >= 15 is 0 Å². The van der Waals surface area contributed by atoms with Crippen LogP contribution in [0.25, 0.3) is 0 Å². The van der Waals surface area contributed by atoms with Crippen molar-refractivity contribution in [2.24, 2.45) is 5.92 Å². The molecule has 1 aromatic carbocycles. The first-order chi connectivity index (χ1) is 8.06. The number of piperidine rings is 1. The van der Waals surface area contributed by atoms with Gasteiger partial charge in [0.15, 0.2) is 0 Å². The molecule has 17 heavy (non-hydrogen) atoms. The maximum absolute atomic E-state index is 13.2. The van der Waals surface area contributed by atoms with Crippen molar-refractivity contribution >= 4 is 11.6 Å². The minimum Gasteiger partial charge on any atom is -0.298 e. The number of rotatable bonds is 2. The topological polar surface area (TPSA) is 3.24 Å². The highest BCUT2D eigenvalue weighted by Gasteiger charge is 2.24. The van der Waals surface area contributed by atoms with Crippen molar-refractivity contribution in [1.82, 2.24) is 4.90 Å². The Labute approximate surface area is 108 Å². The molecule has 0 radical (unpaired) electrons. The molecule has 1 aliphatic heterocycles. The lowest BCUT2D eigenvalue weighted by molar-refractivity contribution is 0.189. The normalized spacial score (nSPS) is 26.1. The lowest BCUT2D eigenvalue weighted by Crippen LogP contribution is -2.39. The molecule has 1 saturated heterocycles. The fourth-order valence-corrected chi connectivity index (χ4v) is 2.60. The third-order valence-corrected chi connectivity index (χ3v) is 4.22. The summed E-state index contributed by atoms with van der Waals surface area (Å²) in [6.07, 6.45) is 1.13. The second-order valence-corrected chi connectivity index (χ2v) is 5.65. The van der Waals surface area contributed by atoms with Crippen LogP contribution >= 0.6 is 11.6 Å². The van der Waals surface area contributed by atoms with E-state index in [9.17, 15) is 4.39 Å². The van der Waals surface area contributed by atoms with Crippen LogP contribution in [0.2, 0.25) is 0 Å². The summed E-state index contributed by atoms with van der Waals surface area (Å²) in [5.74, 6) is 0.430. The van der Waals surface area contributed by atoms with Crippen LogP contribution in [0, 0.1) is 18.7 Å². The zero-order valence-corrected chi connectivity index (χ0v) is 11.2. The molecule has 0 aliphatic carbocycles. The zero-order valence-electron chi connectivity index (χ0n) is 10.4. The summed E-state index contributed by atoms with van der Waals surface area (Å²) < 4.78 is 13.2. The first kappa shape index (κ1) is 12.8. The van der Waals surface area contributed by atoms with Crippen molar-refractivity contribution in [1.29, 1.82) is 0 Å². The molecule has 1 nitrogen and oxygen atoms in total. The number of likely N-dealkylation sites (tertiary alicyclic amines) is 1. The number of benzene rings is 1. The summed E-state index contributed by atoms with van der Waals surface area (Å²) in [5, 5.41) is 0.220. The smallest absolute Gasteiger partial charge is 0.123 e. The van der Waals surface area contributed by atoms with Crippen molar-refractivity contribution in [2.75, 3.05) is 13.1 Å². The van der Waals surface area contributed by atoms with E-state index in [0.29, 0.717) is 5.92 Å². The van der Waals surface area contributed by atoms with Crippen LogP contribution in [0.5, 0.6) is 0 Å². The summed E-state index contributed by atoms with van der Waals surface area (Å²) in [5.41, 5.74) is 2.22. The van der Waals surface area contributed by atoms with E-state index in [1.807, 2.05) is 13.0 Å². The Balaban J connectivity index is 2.03. The Bertz CT molecular complexity index is 394. The van der Waals surface area contributed by atoms with Gasteiger partial charge >= 0.3 is 0 Å². The van der Waals surface area contributed by atoms with Crippen molar-refractivity contribution in [3.8, 4) is 0 Å². The van der Waals surface area contributed by atoms with Gasteiger partial charge in [-0.15, -0.1) is 11.6 Å². The van der Waals surface area contributed by atoms with E-state index in [1.165, 1.54) is 6.07 Å². The average molecular weight is 256 g/mol. The molecule has 0 aromatic heterocycles. The number of halogens is 2. The van der Waals surface area contributed by atoms with E-state index in [4.69, 9.17) is 11.6 Å². The first-order valence-corrected chi connectivity index (χ1v) is 6.61. The first-order valence-electron chi connectivity index (χ1n) is 6.17. The fourth-order valence-electron chi connectivity index (χ4n) is 2.28. The maximum Gasteiger partial charge on any atom is 0.123 e. The van der Waals surface area contributed by atoms with Gasteiger partial charge in [-0.25, -0.2) is 4.39 Å². The minimum atomic E-state index is -0.154. The van der Waals surface area contributed by atoms with Crippen LogP contribution in [0.15, 0.2) is 18.2 Å². The monoisotopic (exact) mass is 255 g/mol. The van der Waals surface area contributed by atoms with Gasteiger partial charge in [0, 0.05) is 18.5 Å². The minimum absolute atomic E-state index is 0.154. The van der Waals surface area contributed by atoms with Gasteiger partial charge in [0.2, 0.25) is 0 Å². The lowest BCUT2D eigenvalue weighted by atomic mass is 9.97. The van der Waals surface area contributed by atoms with Crippen molar-refractivity contribution in [3.05, 3.63) is 35.1 Å². The number of hydrogen-bond donors (Lipinski definition) is 0. The molecule has 2 atom stereocenters. The highest BCUT2D eigenvalue weighted by atomic mass is 35.5. The van der Waals surface area contributed by atoms with Gasteiger partial charge in [0.1, 0.15) is 5.82 Å². The number of aryl methyl sites for hydroxylation is 1. The average Bonchev–Trinajstić information content (AvgIpc) is 2.29. The largest absolute Gasteiger partial charge is 0.298 e. The molecule has 0 N–H and O–H groups in total. The summed E-state index contributed by atoms with van der Waals surface area (Å²) in [6, 6.07) is 4.99. The van der Waals surface area contributed by atoms with Crippen LogP contribution in [0.1, 0.15) is 24.5 Å². The molecule has 0 bridgehead atoms. The molecule has 1 aliphatic rings. The molecule has 0 amide bonds. The summed E-state index contributed by atoms with van der Waals surface area (Å²) in [7, 11) is 0. The molecule has 0 spiro atoms. The Morgan fingerprint density at radius 2 is 2.24 bits per heavy atom. The highest BCUT2D eigenvalue weighted by molar-refractivity contribution is 6.21. The molecule has 1 heterocycles. The number of alkyl halides is 1. The van der Waals surface area contributed by atoms with Crippen molar-refractivity contribution in [2.45, 2.75) is 32.2 Å². The van der Waals surface area contributed by atoms with Crippen LogP contribution < -0.4 is 0 Å². The van der Waals surface area contributed by atoms with Crippen LogP contribution in [-0.4, -0.2) is 23.4 Å². The summed E-state index contributed by atoms with van der Waals surface area (Å²) in [6.45, 7) is 6.99. The van der Waals surface area contributed by atoms with Gasteiger partial charge in [0.05, 0.1) is 0 Å². The molecule has 0 saturated carbocycles. The van der Waals surface area contributed by atoms with Crippen molar-refractivity contribution < 1.29 is 4.39 Å². The van der Waals surface area contributed by atoms with Gasteiger partial charge in [-0.05, 0) is 49.1 Å². The second-order valence-electron chi connectivity index (χ2n) is 5.09. The molecule has 1 aromatic rings. The van der Waals surface area contributed by atoms with Crippen LogP contribution in [0.4, 0.5) is 4.39 Å². The molecular weight excluding hydrogens is 237 g/mol. The number of nitrogens with zero attached hydrogens (tertiary/aromatic N) is 1. The van der Waals surface area contributed by atoms with Gasteiger partial charge in [0.25, 0.3) is 0 Å². The van der Waals surface area contributed by atoms with Gasteiger partial charge < -0.3 is 0 Å². The number of hydrogen-bond acceptors (Lipinski definition) is 1. The third-order valence-electron chi connectivity index (χ3n) is 3.66. The molecule has 2 rings (SSSR count). The van der Waals surface area contributed by atoms with E-state index in [-0.39, 0.29) is 11.2 Å². The molecule has 2 unspecified atom stereocenters. The van der Waals surface area contributed by atoms with Gasteiger partial charge in [-0.1, -0.05) is 13.0 Å². The third kappa shape index (κ3) is 3.20. The Hall–Kier alpha value is -0.600. The SMILES string of the molecule is Cc1ccc(F)cc1CN1CCC(C)C(Cl)C1. The van der Waals surface area contributed by atoms with Crippen LogP contribution in [-0.2, 0) is 6.54 Å². The molecule has 3 heteroatoms. The summed E-state index contributed by atoms with van der Waals surface area (Å²) in [4.78, 5) is 2.32. The van der Waals surface area contributed by atoms with Gasteiger partial charge in [-0.2, -0.15) is 0 Å². The summed E-state index contributed by atoms with van der Waals surface area (Å²) >= 11 is 6.28. The Kier molecular flexibility index (Phi) is 4.05. The quantitative estimate of drug-likeness (QED) is 0.730. The van der Waals surface area contributed by atoms with Crippen LogP contribution in [0.3, 0.4) is 0 Å². The zero-order chi connectivity index (χ0) is 12.4. The molecule has 94 valence electrons. The Morgan fingerprint density at radius 3 is 2.94 bits per heavy atom. The predicted octanol–water partition coefficient (Wildman–Crippen LogP) is 3.58. The van der Waals surface area contributed by atoms with E-state index in [1.54, 1.807) is 6.07 Å². The maximum atomic E-state index is 13.2. The lowest BCUT2D eigenvalue weighted by Gasteiger charge is -2.34. The standard InChI is InChI=1S/C14H19ClFN/c1-10-3-4-13(16)7-12(10)8-17-6-5-11(2)14(15)9-17/h3-4,7,11,14H,5-6,8-9H2,1-2H3. The van der Waals surface area contributed by atoms with E-state index in [2.05, 4.69) is 11.8 Å². The van der Waals surface area contributed by atoms with E-state index in [0.717, 1.165) is 37.2 Å². The van der Waals surface area contributed by atoms with Crippen molar-refractivity contribution in [3.63, 3.8) is 0 Å². The van der Waals surface area contributed by atoms with Gasteiger partial charge in [-0.3, -0.25) is 4.90 Å². The predicted molar refractivity (Wildman–Crippen MR) is 69.8 cm³/mol. The second kappa shape index (κ2) is 5.36. The Morgan fingerprint density at radius 1 is 1.47 bits per heavy atom. The fraction of sp³-hybridized carbons (Fsp3) is 0.571. The molecular formula is C14H19ClFN.